The number of benzene rings is 2. The van der Waals surface area contributed by atoms with Gasteiger partial charge in [-0.15, -0.1) is 6.58 Å². The van der Waals surface area contributed by atoms with Crippen LogP contribution >= 0.6 is 0 Å². The third-order valence-electron chi connectivity index (χ3n) is 3.25. The Hall–Kier alpha value is -1.82. The highest BCUT2D eigenvalue weighted by molar-refractivity contribution is 5.63. The molecule has 0 aliphatic carbocycles. The van der Waals surface area contributed by atoms with Gasteiger partial charge in [0.05, 0.1) is 0 Å². The predicted octanol–water partition coefficient (Wildman–Crippen LogP) is 4.82. The Morgan fingerprint density at radius 3 is 1.88 bits per heavy atom. The molecular formula is C17H18. The molecule has 86 valence electrons. The second-order valence-electron chi connectivity index (χ2n) is 4.87. The first kappa shape index (κ1) is 11.7. The third-order valence-corrected chi connectivity index (χ3v) is 3.25. The average molecular weight is 222 g/mol. The normalized spacial score (nSPS) is 11.2. The number of hydrogen-bond donors (Lipinski definition) is 0. The van der Waals surface area contributed by atoms with Crippen LogP contribution in [0.4, 0.5) is 0 Å². The van der Waals surface area contributed by atoms with Gasteiger partial charge in [-0.25, -0.2) is 0 Å². The Labute approximate surface area is 104 Å². The molecule has 0 bridgehead atoms. The summed E-state index contributed by atoms with van der Waals surface area (Å²) in [6.45, 7) is 8.25. The molecule has 2 rings (SSSR count). The van der Waals surface area contributed by atoms with Crippen molar-refractivity contribution in [2.24, 2.45) is 0 Å². The zero-order valence-corrected chi connectivity index (χ0v) is 10.5. The van der Waals surface area contributed by atoms with Crippen molar-refractivity contribution >= 4 is 0 Å². The van der Waals surface area contributed by atoms with Gasteiger partial charge in [-0.1, -0.05) is 74.5 Å². The van der Waals surface area contributed by atoms with Crippen LogP contribution in [0, 0.1) is 0 Å². The van der Waals surface area contributed by atoms with Gasteiger partial charge in [-0.05, 0) is 16.7 Å². The lowest BCUT2D eigenvalue weighted by Gasteiger charge is -2.20. The van der Waals surface area contributed by atoms with Crippen molar-refractivity contribution in [3.8, 4) is 11.1 Å². The first-order chi connectivity index (χ1) is 8.13. The van der Waals surface area contributed by atoms with Crippen molar-refractivity contribution < 1.29 is 0 Å². The molecule has 0 aromatic heterocycles. The molecular weight excluding hydrogens is 204 g/mol. The molecule has 0 spiro atoms. The highest BCUT2D eigenvalue weighted by Gasteiger charge is 2.15. The van der Waals surface area contributed by atoms with Crippen LogP contribution in [0.15, 0.2) is 67.3 Å². The lowest BCUT2D eigenvalue weighted by atomic mass is 9.84. The van der Waals surface area contributed by atoms with Gasteiger partial charge in [0.25, 0.3) is 0 Å². The topological polar surface area (TPSA) is 0 Å². The molecule has 0 aliphatic rings. The summed E-state index contributed by atoms with van der Waals surface area (Å²) in [5.41, 5.74) is 3.85. The zero-order chi connectivity index (χ0) is 12.3. The largest absolute Gasteiger partial charge is 0.102 e. The summed E-state index contributed by atoms with van der Waals surface area (Å²) in [5.74, 6) is 0. The van der Waals surface area contributed by atoms with Crippen molar-refractivity contribution in [1.29, 1.82) is 0 Å². The Bertz CT molecular complexity index is 489. The Morgan fingerprint density at radius 1 is 0.824 bits per heavy atom. The maximum absolute atomic E-state index is 3.89. The molecule has 0 N–H and O–H groups in total. The van der Waals surface area contributed by atoms with Crippen LogP contribution in [0.1, 0.15) is 19.4 Å². The van der Waals surface area contributed by atoms with Gasteiger partial charge in [0, 0.05) is 5.41 Å². The van der Waals surface area contributed by atoms with Crippen LogP contribution in [-0.4, -0.2) is 0 Å². The second kappa shape index (κ2) is 4.58. The first-order valence-electron chi connectivity index (χ1n) is 5.93. The average Bonchev–Trinajstić information content (AvgIpc) is 2.40. The van der Waals surface area contributed by atoms with Gasteiger partial charge in [0.2, 0.25) is 0 Å². The van der Waals surface area contributed by atoms with E-state index in [1.807, 2.05) is 12.1 Å². The third kappa shape index (κ3) is 2.47. The van der Waals surface area contributed by atoms with E-state index in [4.69, 9.17) is 0 Å². The summed E-state index contributed by atoms with van der Waals surface area (Å²) in [6, 6.07) is 19.2. The molecule has 0 aliphatic heterocycles. The quantitative estimate of drug-likeness (QED) is 0.653. The van der Waals surface area contributed by atoms with Crippen LogP contribution in [0.5, 0.6) is 0 Å². The van der Waals surface area contributed by atoms with E-state index in [-0.39, 0.29) is 5.41 Å². The minimum atomic E-state index is 0.0369. The van der Waals surface area contributed by atoms with Crippen LogP contribution in [0.3, 0.4) is 0 Å². The molecule has 0 atom stereocenters. The van der Waals surface area contributed by atoms with Crippen molar-refractivity contribution in [1.82, 2.24) is 0 Å². The lowest BCUT2D eigenvalue weighted by molar-refractivity contribution is 0.672. The Balaban J connectivity index is 2.34. The van der Waals surface area contributed by atoms with Gasteiger partial charge in [-0.2, -0.15) is 0 Å². The minimum Gasteiger partial charge on any atom is -0.102 e. The molecule has 0 radical (unpaired) electrons. The molecule has 0 saturated heterocycles. The van der Waals surface area contributed by atoms with E-state index in [1.165, 1.54) is 16.7 Å². The number of rotatable bonds is 3. The van der Waals surface area contributed by atoms with Crippen LogP contribution < -0.4 is 0 Å². The summed E-state index contributed by atoms with van der Waals surface area (Å²) < 4.78 is 0. The summed E-state index contributed by atoms with van der Waals surface area (Å²) >= 11 is 0. The molecule has 0 unspecified atom stereocenters. The molecule has 2 aromatic rings. The first-order valence-corrected chi connectivity index (χ1v) is 5.93. The van der Waals surface area contributed by atoms with E-state index in [2.05, 4.69) is 69.0 Å². The maximum atomic E-state index is 3.89. The summed E-state index contributed by atoms with van der Waals surface area (Å²) in [6.07, 6.45) is 1.99. The predicted molar refractivity (Wildman–Crippen MR) is 75.1 cm³/mol. The summed E-state index contributed by atoms with van der Waals surface area (Å²) in [4.78, 5) is 0. The van der Waals surface area contributed by atoms with E-state index in [9.17, 15) is 0 Å². The van der Waals surface area contributed by atoms with E-state index < -0.39 is 0 Å². The Kier molecular flexibility index (Phi) is 3.14. The van der Waals surface area contributed by atoms with Gasteiger partial charge in [0.15, 0.2) is 0 Å². The standard InChI is InChI=1S/C17H18/c1-4-17(2,3)16-12-10-15(11-13-16)14-8-6-5-7-9-14/h4-13H,1H2,2-3H3. The molecule has 0 nitrogen and oxygen atoms in total. The molecule has 0 heterocycles. The van der Waals surface area contributed by atoms with Crippen LogP contribution in [0.25, 0.3) is 11.1 Å². The fourth-order valence-corrected chi connectivity index (χ4v) is 1.84. The molecule has 2 aromatic carbocycles. The highest BCUT2D eigenvalue weighted by atomic mass is 14.2. The van der Waals surface area contributed by atoms with Crippen LogP contribution in [-0.2, 0) is 5.41 Å². The summed E-state index contributed by atoms with van der Waals surface area (Å²) in [5, 5.41) is 0. The maximum Gasteiger partial charge on any atom is 0.00726 e. The fraction of sp³-hybridized carbons (Fsp3) is 0.176. The van der Waals surface area contributed by atoms with E-state index in [1.54, 1.807) is 0 Å². The highest BCUT2D eigenvalue weighted by Crippen LogP contribution is 2.27. The fourth-order valence-electron chi connectivity index (χ4n) is 1.84. The molecule has 0 saturated carbocycles. The molecule has 17 heavy (non-hydrogen) atoms. The smallest absolute Gasteiger partial charge is 0.00726 e. The van der Waals surface area contributed by atoms with Crippen LogP contribution in [0.2, 0.25) is 0 Å². The number of allylic oxidation sites excluding steroid dienone is 1. The monoisotopic (exact) mass is 222 g/mol. The second-order valence-corrected chi connectivity index (χ2v) is 4.87. The van der Waals surface area contributed by atoms with E-state index in [0.29, 0.717) is 0 Å². The number of hydrogen-bond acceptors (Lipinski definition) is 0. The van der Waals surface area contributed by atoms with Crippen molar-refractivity contribution in [3.63, 3.8) is 0 Å². The Morgan fingerprint density at radius 2 is 1.35 bits per heavy atom. The van der Waals surface area contributed by atoms with Gasteiger partial charge < -0.3 is 0 Å². The molecule has 0 fully saturated rings. The van der Waals surface area contributed by atoms with Crippen molar-refractivity contribution in [2.45, 2.75) is 19.3 Å². The van der Waals surface area contributed by atoms with Crippen molar-refractivity contribution in [2.75, 3.05) is 0 Å². The minimum absolute atomic E-state index is 0.0369. The van der Waals surface area contributed by atoms with Gasteiger partial charge in [-0.3, -0.25) is 0 Å². The van der Waals surface area contributed by atoms with Crippen molar-refractivity contribution in [3.05, 3.63) is 72.8 Å². The SMILES string of the molecule is C=CC(C)(C)c1ccc(-c2ccccc2)cc1. The lowest BCUT2D eigenvalue weighted by Crippen LogP contribution is -2.12. The van der Waals surface area contributed by atoms with Gasteiger partial charge in [0.1, 0.15) is 0 Å². The van der Waals surface area contributed by atoms with E-state index in [0.717, 1.165) is 0 Å². The zero-order valence-electron chi connectivity index (χ0n) is 10.5. The molecule has 0 heteroatoms. The molecule has 0 amide bonds. The van der Waals surface area contributed by atoms with E-state index >= 15 is 0 Å². The summed E-state index contributed by atoms with van der Waals surface area (Å²) in [7, 11) is 0. The van der Waals surface area contributed by atoms with Gasteiger partial charge >= 0.3 is 0 Å².